The third kappa shape index (κ3) is 4.49. The second-order valence-corrected chi connectivity index (χ2v) is 7.63. The number of rotatable bonds is 6. The first-order valence-corrected chi connectivity index (χ1v) is 10.1. The highest BCUT2D eigenvalue weighted by Crippen LogP contribution is 2.33. The Balaban J connectivity index is 1.38. The van der Waals surface area contributed by atoms with Crippen molar-refractivity contribution in [2.75, 3.05) is 23.7 Å². The van der Waals surface area contributed by atoms with Crippen molar-refractivity contribution in [1.82, 2.24) is 20.2 Å². The van der Waals surface area contributed by atoms with Crippen LogP contribution < -0.4 is 10.6 Å². The predicted molar refractivity (Wildman–Crippen MR) is 108 cm³/mol. The Morgan fingerprint density at radius 3 is 2.83 bits per heavy atom. The van der Waals surface area contributed by atoms with E-state index in [-0.39, 0.29) is 24.4 Å². The molecule has 1 saturated heterocycles. The molecule has 0 spiro atoms. The van der Waals surface area contributed by atoms with Crippen molar-refractivity contribution >= 4 is 34.1 Å². The van der Waals surface area contributed by atoms with Crippen molar-refractivity contribution in [1.29, 1.82) is 0 Å². The SMILES string of the molecule is Cc1nonc1NC(=O)CN1CCCC1c1csc(NC(=O)c2ccccc2)n1. The van der Waals surface area contributed by atoms with Gasteiger partial charge in [0, 0.05) is 10.9 Å². The van der Waals surface area contributed by atoms with Gasteiger partial charge in [0.25, 0.3) is 5.91 Å². The molecule has 4 rings (SSSR count). The quantitative estimate of drug-likeness (QED) is 0.640. The van der Waals surface area contributed by atoms with Gasteiger partial charge in [0.05, 0.1) is 18.3 Å². The van der Waals surface area contributed by atoms with E-state index in [0.717, 1.165) is 25.1 Å². The molecule has 0 saturated carbocycles. The number of carbonyl (C=O) groups is 2. The Labute approximate surface area is 171 Å². The minimum Gasteiger partial charge on any atom is -0.305 e. The minimum atomic E-state index is -0.189. The van der Waals surface area contributed by atoms with E-state index in [2.05, 4.69) is 35.5 Å². The minimum absolute atomic E-state index is 0.0379. The Morgan fingerprint density at radius 1 is 1.24 bits per heavy atom. The molecule has 1 atom stereocenters. The first-order chi connectivity index (χ1) is 14.1. The zero-order valence-electron chi connectivity index (χ0n) is 15.8. The summed E-state index contributed by atoms with van der Waals surface area (Å²) >= 11 is 1.39. The third-order valence-corrected chi connectivity index (χ3v) is 5.52. The van der Waals surface area contributed by atoms with Crippen molar-refractivity contribution in [3.8, 4) is 0 Å². The van der Waals surface area contributed by atoms with Gasteiger partial charge in [0.15, 0.2) is 10.9 Å². The van der Waals surface area contributed by atoms with Gasteiger partial charge >= 0.3 is 0 Å². The van der Waals surface area contributed by atoms with E-state index in [1.54, 1.807) is 19.1 Å². The van der Waals surface area contributed by atoms with Crippen molar-refractivity contribution in [2.24, 2.45) is 0 Å². The van der Waals surface area contributed by atoms with Crippen LogP contribution in [0.5, 0.6) is 0 Å². The molecule has 0 radical (unpaired) electrons. The highest BCUT2D eigenvalue weighted by molar-refractivity contribution is 7.14. The van der Waals surface area contributed by atoms with Gasteiger partial charge in [-0.05, 0) is 43.6 Å². The van der Waals surface area contributed by atoms with Crippen molar-refractivity contribution in [2.45, 2.75) is 25.8 Å². The molecule has 150 valence electrons. The van der Waals surface area contributed by atoms with Crippen LogP contribution in [0.4, 0.5) is 10.9 Å². The molecule has 29 heavy (non-hydrogen) atoms. The molecular formula is C19H20N6O3S. The number of aryl methyl sites for hydroxylation is 1. The van der Waals surface area contributed by atoms with Crippen molar-refractivity contribution in [3.63, 3.8) is 0 Å². The number of hydrogen-bond acceptors (Lipinski definition) is 8. The molecular weight excluding hydrogens is 392 g/mol. The summed E-state index contributed by atoms with van der Waals surface area (Å²) in [4.78, 5) is 31.3. The lowest BCUT2D eigenvalue weighted by Gasteiger charge is -2.22. The van der Waals surface area contributed by atoms with Crippen LogP contribution in [0.25, 0.3) is 0 Å². The summed E-state index contributed by atoms with van der Waals surface area (Å²) in [6.07, 6.45) is 1.89. The summed E-state index contributed by atoms with van der Waals surface area (Å²) in [5.74, 6) is -0.0282. The van der Waals surface area contributed by atoms with E-state index >= 15 is 0 Å². The fraction of sp³-hybridized carbons (Fsp3) is 0.316. The summed E-state index contributed by atoms with van der Waals surface area (Å²) in [6.45, 7) is 2.74. The second kappa shape index (κ2) is 8.50. The second-order valence-electron chi connectivity index (χ2n) is 6.77. The molecule has 0 bridgehead atoms. The molecule has 2 aromatic heterocycles. The topological polar surface area (TPSA) is 113 Å². The van der Waals surface area contributed by atoms with E-state index < -0.39 is 0 Å². The molecule has 1 fully saturated rings. The summed E-state index contributed by atoms with van der Waals surface area (Å²) in [6, 6.07) is 9.06. The predicted octanol–water partition coefficient (Wildman–Crippen LogP) is 2.86. The average Bonchev–Trinajstić information content (AvgIpc) is 3.45. The number of amides is 2. The maximum Gasteiger partial charge on any atom is 0.257 e. The van der Waals surface area contributed by atoms with Crippen LogP contribution in [0.2, 0.25) is 0 Å². The molecule has 1 aromatic carbocycles. The monoisotopic (exact) mass is 412 g/mol. The highest BCUT2D eigenvalue weighted by atomic mass is 32.1. The summed E-state index contributed by atoms with van der Waals surface area (Å²) in [5, 5.41) is 15.4. The molecule has 3 heterocycles. The van der Waals surface area contributed by atoms with Crippen LogP contribution in [-0.2, 0) is 4.79 Å². The van der Waals surface area contributed by atoms with Crippen molar-refractivity contribution < 1.29 is 14.2 Å². The van der Waals surface area contributed by atoms with Gasteiger partial charge in [-0.1, -0.05) is 23.4 Å². The highest BCUT2D eigenvalue weighted by Gasteiger charge is 2.30. The molecule has 1 aliphatic rings. The number of nitrogens with zero attached hydrogens (tertiary/aromatic N) is 4. The largest absolute Gasteiger partial charge is 0.305 e. The average molecular weight is 412 g/mol. The number of aromatic nitrogens is 3. The number of carbonyl (C=O) groups excluding carboxylic acids is 2. The fourth-order valence-corrected chi connectivity index (χ4v) is 4.06. The van der Waals surface area contributed by atoms with Crippen LogP contribution in [0.1, 0.15) is 40.6 Å². The Hall–Kier alpha value is -3.11. The van der Waals surface area contributed by atoms with E-state index in [1.807, 2.05) is 23.6 Å². The molecule has 9 nitrogen and oxygen atoms in total. The molecule has 1 unspecified atom stereocenters. The van der Waals surface area contributed by atoms with Gasteiger partial charge in [0.2, 0.25) is 5.91 Å². The van der Waals surface area contributed by atoms with Crippen LogP contribution in [-0.4, -0.2) is 45.1 Å². The van der Waals surface area contributed by atoms with E-state index in [4.69, 9.17) is 0 Å². The summed E-state index contributed by atoms with van der Waals surface area (Å²) < 4.78 is 4.60. The van der Waals surface area contributed by atoms with Gasteiger partial charge in [-0.25, -0.2) is 9.61 Å². The van der Waals surface area contributed by atoms with Crippen LogP contribution in [0, 0.1) is 6.92 Å². The van der Waals surface area contributed by atoms with E-state index in [9.17, 15) is 9.59 Å². The van der Waals surface area contributed by atoms with E-state index in [1.165, 1.54) is 11.3 Å². The standard InChI is InChI=1S/C19H20N6O3S/c1-12-17(24-28-23-12)21-16(26)10-25-9-5-8-15(25)14-11-29-19(20-14)22-18(27)13-6-3-2-4-7-13/h2-4,6-7,11,15H,5,8-10H2,1H3,(H,20,22,27)(H,21,24,26). The number of thiazole rings is 1. The zero-order valence-corrected chi connectivity index (χ0v) is 16.6. The van der Waals surface area contributed by atoms with Gasteiger partial charge in [-0.15, -0.1) is 11.3 Å². The lowest BCUT2D eigenvalue weighted by atomic mass is 10.2. The van der Waals surface area contributed by atoms with Gasteiger partial charge in [-0.2, -0.15) is 0 Å². The van der Waals surface area contributed by atoms with Crippen LogP contribution in [0.15, 0.2) is 40.3 Å². The molecule has 3 aromatic rings. The lowest BCUT2D eigenvalue weighted by Crippen LogP contribution is -2.33. The Morgan fingerprint density at radius 2 is 2.07 bits per heavy atom. The smallest absolute Gasteiger partial charge is 0.257 e. The number of likely N-dealkylation sites (tertiary alicyclic amines) is 1. The van der Waals surface area contributed by atoms with E-state index in [0.29, 0.717) is 22.2 Å². The number of hydrogen-bond donors (Lipinski definition) is 2. The Kier molecular flexibility index (Phi) is 5.63. The number of anilines is 2. The lowest BCUT2D eigenvalue weighted by molar-refractivity contribution is -0.117. The first-order valence-electron chi connectivity index (χ1n) is 9.25. The number of nitrogens with one attached hydrogen (secondary N) is 2. The van der Waals surface area contributed by atoms with Crippen LogP contribution >= 0.6 is 11.3 Å². The molecule has 2 N–H and O–H groups in total. The molecule has 2 amide bonds. The van der Waals surface area contributed by atoms with Gasteiger partial charge < -0.3 is 5.32 Å². The summed E-state index contributed by atoms with van der Waals surface area (Å²) in [7, 11) is 0. The normalized spacial score (nSPS) is 16.7. The first kappa shape index (κ1) is 19.2. The zero-order chi connectivity index (χ0) is 20.2. The maximum absolute atomic E-state index is 12.4. The Bertz CT molecular complexity index is 1000. The molecule has 10 heteroatoms. The number of benzene rings is 1. The fourth-order valence-electron chi connectivity index (χ4n) is 3.31. The third-order valence-electron chi connectivity index (χ3n) is 4.74. The van der Waals surface area contributed by atoms with Crippen LogP contribution in [0.3, 0.4) is 0 Å². The maximum atomic E-state index is 12.4. The molecule has 1 aliphatic heterocycles. The van der Waals surface area contributed by atoms with Gasteiger partial charge in [0.1, 0.15) is 5.69 Å². The summed E-state index contributed by atoms with van der Waals surface area (Å²) in [5.41, 5.74) is 1.98. The molecule has 0 aliphatic carbocycles. The van der Waals surface area contributed by atoms with Crippen molar-refractivity contribution in [3.05, 3.63) is 52.7 Å². The van der Waals surface area contributed by atoms with Gasteiger partial charge in [-0.3, -0.25) is 19.8 Å².